The van der Waals surface area contributed by atoms with Crippen molar-refractivity contribution in [2.45, 2.75) is 38.1 Å². The van der Waals surface area contributed by atoms with Crippen molar-refractivity contribution >= 4 is 11.0 Å². The Labute approximate surface area is 102 Å². The van der Waals surface area contributed by atoms with Gasteiger partial charge in [0, 0.05) is 18.0 Å². The van der Waals surface area contributed by atoms with Crippen LogP contribution in [-0.2, 0) is 5.41 Å². The molecule has 17 heavy (non-hydrogen) atoms. The lowest BCUT2D eigenvalue weighted by Crippen LogP contribution is -2.19. The molecule has 1 aromatic heterocycles. The topological polar surface area (TPSA) is 43.8 Å². The molecule has 0 amide bonds. The largest absolute Gasteiger partial charge is 0.330 e. The van der Waals surface area contributed by atoms with Crippen LogP contribution in [-0.4, -0.2) is 16.1 Å². The van der Waals surface area contributed by atoms with Gasteiger partial charge in [-0.05, 0) is 44.4 Å². The van der Waals surface area contributed by atoms with Gasteiger partial charge >= 0.3 is 0 Å². The van der Waals surface area contributed by atoms with Gasteiger partial charge in [0.25, 0.3) is 0 Å². The zero-order chi connectivity index (χ0) is 12.0. The lowest BCUT2D eigenvalue weighted by Gasteiger charge is -2.13. The third-order valence-corrected chi connectivity index (χ3v) is 3.99. The first-order chi connectivity index (χ1) is 8.16. The molecular weight excluding hydrogens is 210 g/mol. The van der Waals surface area contributed by atoms with E-state index in [0.717, 1.165) is 12.1 Å². The van der Waals surface area contributed by atoms with E-state index in [-0.39, 0.29) is 5.41 Å². The predicted molar refractivity (Wildman–Crippen MR) is 70.1 cm³/mol. The fourth-order valence-electron chi connectivity index (χ4n) is 2.53. The van der Waals surface area contributed by atoms with Crippen molar-refractivity contribution in [1.82, 2.24) is 9.55 Å². The highest BCUT2D eigenvalue weighted by Crippen LogP contribution is 2.47. The Morgan fingerprint density at radius 1 is 1.41 bits per heavy atom. The van der Waals surface area contributed by atoms with Crippen LogP contribution < -0.4 is 5.73 Å². The van der Waals surface area contributed by atoms with Gasteiger partial charge < -0.3 is 10.3 Å². The summed E-state index contributed by atoms with van der Waals surface area (Å²) in [6.07, 6.45) is 4.38. The number of nitrogens with zero attached hydrogens (tertiary/aromatic N) is 2. The zero-order valence-electron chi connectivity index (χ0n) is 10.5. The van der Waals surface area contributed by atoms with Gasteiger partial charge in [0.05, 0.1) is 17.4 Å². The molecule has 3 nitrogen and oxygen atoms in total. The van der Waals surface area contributed by atoms with E-state index < -0.39 is 0 Å². The minimum atomic E-state index is 0.260. The number of hydrogen-bond acceptors (Lipinski definition) is 2. The van der Waals surface area contributed by atoms with Crippen molar-refractivity contribution in [3.05, 3.63) is 30.1 Å². The Bertz CT molecular complexity index is 550. The van der Waals surface area contributed by atoms with Gasteiger partial charge in [0.15, 0.2) is 0 Å². The van der Waals surface area contributed by atoms with Gasteiger partial charge in [-0.1, -0.05) is 6.07 Å². The quantitative estimate of drug-likeness (QED) is 0.879. The fourth-order valence-corrected chi connectivity index (χ4v) is 2.53. The van der Waals surface area contributed by atoms with Crippen LogP contribution in [0, 0.1) is 0 Å². The summed E-state index contributed by atoms with van der Waals surface area (Å²) in [6, 6.07) is 7.08. The maximum absolute atomic E-state index is 5.87. The van der Waals surface area contributed by atoms with E-state index in [0.29, 0.717) is 6.04 Å². The molecule has 1 fully saturated rings. The van der Waals surface area contributed by atoms with Crippen LogP contribution in [0.2, 0.25) is 0 Å². The summed E-state index contributed by atoms with van der Waals surface area (Å²) in [5.74, 6) is 0. The summed E-state index contributed by atoms with van der Waals surface area (Å²) in [5.41, 5.74) is 9.81. The highest BCUT2D eigenvalue weighted by atomic mass is 15.1. The molecule has 0 spiro atoms. The molecule has 0 saturated heterocycles. The summed E-state index contributed by atoms with van der Waals surface area (Å²) >= 11 is 0. The van der Waals surface area contributed by atoms with Gasteiger partial charge in [0.1, 0.15) is 0 Å². The highest BCUT2D eigenvalue weighted by Gasteiger charge is 2.42. The molecule has 3 rings (SSSR count). The van der Waals surface area contributed by atoms with Crippen LogP contribution in [0.1, 0.15) is 38.3 Å². The Morgan fingerprint density at radius 2 is 2.18 bits per heavy atom. The lowest BCUT2D eigenvalue weighted by atomic mass is 9.96. The molecule has 3 heteroatoms. The SMILES string of the molecule is CC(C)n1cnc2cc(C3(CN)CC3)ccc21. The van der Waals surface area contributed by atoms with Crippen LogP contribution in [0.3, 0.4) is 0 Å². The molecular formula is C14H19N3. The predicted octanol–water partition coefficient (Wildman–Crippen LogP) is 2.61. The van der Waals surface area contributed by atoms with Crippen LogP contribution in [0.5, 0.6) is 0 Å². The van der Waals surface area contributed by atoms with E-state index in [4.69, 9.17) is 5.73 Å². The van der Waals surface area contributed by atoms with Gasteiger partial charge in [-0.3, -0.25) is 0 Å². The molecule has 2 N–H and O–H groups in total. The fraction of sp³-hybridized carbons (Fsp3) is 0.500. The normalized spacial score (nSPS) is 17.9. The Balaban J connectivity index is 2.09. The molecule has 0 unspecified atom stereocenters. The number of nitrogens with two attached hydrogens (primary N) is 1. The van der Waals surface area contributed by atoms with Crippen molar-refractivity contribution in [1.29, 1.82) is 0 Å². The number of fused-ring (bicyclic) bond motifs is 1. The second-order valence-corrected chi connectivity index (χ2v) is 5.43. The molecule has 0 radical (unpaired) electrons. The van der Waals surface area contributed by atoms with Gasteiger partial charge in [-0.2, -0.15) is 0 Å². The van der Waals surface area contributed by atoms with Crippen LogP contribution in [0.25, 0.3) is 11.0 Å². The summed E-state index contributed by atoms with van der Waals surface area (Å²) < 4.78 is 2.21. The third-order valence-electron chi connectivity index (χ3n) is 3.99. The molecule has 0 atom stereocenters. The smallest absolute Gasteiger partial charge is 0.0960 e. The van der Waals surface area contributed by atoms with Gasteiger partial charge in [0.2, 0.25) is 0 Å². The molecule has 1 aliphatic rings. The van der Waals surface area contributed by atoms with E-state index in [9.17, 15) is 0 Å². The van der Waals surface area contributed by atoms with E-state index in [2.05, 4.69) is 41.6 Å². The number of benzene rings is 1. The second-order valence-electron chi connectivity index (χ2n) is 5.43. The van der Waals surface area contributed by atoms with Crippen LogP contribution >= 0.6 is 0 Å². The standard InChI is InChI=1S/C14H19N3/c1-10(2)17-9-16-12-7-11(3-4-13(12)17)14(8-15)5-6-14/h3-4,7,9-10H,5-6,8,15H2,1-2H3. The Kier molecular flexibility index (Phi) is 2.26. The monoisotopic (exact) mass is 229 g/mol. The highest BCUT2D eigenvalue weighted by molar-refractivity contribution is 5.76. The molecule has 0 bridgehead atoms. The van der Waals surface area contributed by atoms with Crippen molar-refractivity contribution < 1.29 is 0 Å². The number of aromatic nitrogens is 2. The average Bonchev–Trinajstić information content (AvgIpc) is 3.01. The molecule has 1 aliphatic carbocycles. The number of imidazole rings is 1. The van der Waals surface area contributed by atoms with Crippen molar-refractivity contribution in [2.24, 2.45) is 5.73 Å². The van der Waals surface area contributed by atoms with Crippen molar-refractivity contribution in [2.75, 3.05) is 6.54 Å². The first-order valence-corrected chi connectivity index (χ1v) is 6.33. The summed E-state index contributed by atoms with van der Waals surface area (Å²) in [4.78, 5) is 4.50. The number of rotatable bonds is 3. The third kappa shape index (κ3) is 1.57. The minimum absolute atomic E-state index is 0.260. The molecule has 2 aromatic rings. The summed E-state index contributed by atoms with van der Waals surface area (Å²) in [7, 11) is 0. The van der Waals surface area contributed by atoms with Crippen LogP contribution in [0.15, 0.2) is 24.5 Å². The van der Waals surface area contributed by atoms with E-state index in [1.54, 1.807) is 0 Å². The average molecular weight is 229 g/mol. The van der Waals surface area contributed by atoms with E-state index in [1.165, 1.54) is 23.9 Å². The van der Waals surface area contributed by atoms with Crippen LogP contribution in [0.4, 0.5) is 0 Å². The zero-order valence-corrected chi connectivity index (χ0v) is 10.5. The summed E-state index contributed by atoms with van der Waals surface area (Å²) in [5, 5.41) is 0. The first-order valence-electron chi connectivity index (χ1n) is 6.33. The summed E-state index contributed by atoms with van der Waals surface area (Å²) in [6.45, 7) is 5.11. The van der Waals surface area contributed by atoms with Crippen molar-refractivity contribution in [3.63, 3.8) is 0 Å². The minimum Gasteiger partial charge on any atom is -0.330 e. The first kappa shape index (κ1) is 10.8. The van der Waals surface area contributed by atoms with E-state index >= 15 is 0 Å². The molecule has 90 valence electrons. The van der Waals surface area contributed by atoms with E-state index in [1.807, 2.05) is 6.33 Å². The Hall–Kier alpha value is -1.35. The maximum Gasteiger partial charge on any atom is 0.0960 e. The molecule has 1 heterocycles. The molecule has 1 aromatic carbocycles. The maximum atomic E-state index is 5.87. The van der Waals surface area contributed by atoms with Gasteiger partial charge in [-0.25, -0.2) is 4.98 Å². The Morgan fingerprint density at radius 3 is 2.76 bits per heavy atom. The van der Waals surface area contributed by atoms with Gasteiger partial charge in [-0.15, -0.1) is 0 Å². The second kappa shape index (κ2) is 3.57. The molecule has 1 saturated carbocycles. The lowest BCUT2D eigenvalue weighted by molar-refractivity contribution is 0.617. The molecule has 0 aliphatic heterocycles. The van der Waals surface area contributed by atoms with Crippen molar-refractivity contribution in [3.8, 4) is 0 Å². The number of hydrogen-bond donors (Lipinski definition) is 1.